The lowest BCUT2D eigenvalue weighted by Crippen LogP contribution is -2.23. The average Bonchev–Trinajstić information content (AvgIpc) is 2.40. The fraction of sp³-hybridized carbons (Fsp3) is 0.867. The van der Waals surface area contributed by atoms with Crippen LogP contribution in [-0.4, -0.2) is 39.3 Å². The standard InChI is InChI=1S/C8H14O2.C7H12O3/c1-6(9)7-2-4-8(10)5-3-7;8-6-3-1-5(2-4-6)7(9)10/h7-8,10H,2-5H2,1H3;5-6,8H,1-4H2,(H,9,10). The number of aliphatic carboxylic acids is 1. The second-order valence-corrected chi connectivity index (χ2v) is 5.96. The van der Waals surface area contributed by atoms with Crippen molar-refractivity contribution in [2.75, 3.05) is 0 Å². The summed E-state index contributed by atoms with van der Waals surface area (Å²) in [6.45, 7) is 1.64. The van der Waals surface area contributed by atoms with Crippen molar-refractivity contribution in [1.29, 1.82) is 0 Å². The van der Waals surface area contributed by atoms with Crippen molar-refractivity contribution in [3.8, 4) is 0 Å². The van der Waals surface area contributed by atoms with Crippen molar-refractivity contribution in [3.63, 3.8) is 0 Å². The van der Waals surface area contributed by atoms with Crippen molar-refractivity contribution < 1.29 is 24.9 Å². The number of Topliss-reactive ketones (excluding diaryl/α,β-unsaturated/α-hetero) is 1. The van der Waals surface area contributed by atoms with Crippen LogP contribution in [0, 0.1) is 11.8 Å². The molecular formula is C15H26O5. The van der Waals surface area contributed by atoms with Gasteiger partial charge in [0, 0.05) is 5.92 Å². The number of aliphatic hydroxyl groups excluding tert-OH is 2. The molecule has 0 aliphatic heterocycles. The molecule has 0 amide bonds. The van der Waals surface area contributed by atoms with Crippen LogP contribution in [0.25, 0.3) is 0 Å². The molecule has 0 heterocycles. The zero-order valence-electron chi connectivity index (χ0n) is 12.1. The van der Waals surface area contributed by atoms with Crippen LogP contribution >= 0.6 is 0 Å². The summed E-state index contributed by atoms with van der Waals surface area (Å²) in [6.07, 6.45) is 5.56. The number of aliphatic hydroxyl groups is 2. The molecule has 3 N–H and O–H groups in total. The molecule has 5 heteroatoms. The normalized spacial score (nSPS) is 33.8. The minimum absolute atomic E-state index is 0.143. The SMILES string of the molecule is CC(=O)C1CCC(O)CC1.O=C(O)C1CCC(O)CC1. The molecule has 20 heavy (non-hydrogen) atoms. The lowest BCUT2D eigenvalue weighted by molar-refractivity contribution is -0.143. The molecule has 0 aromatic heterocycles. The van der Waals surface area contributed by atoms with E-state index in [0.29, 0.717) is 25.7 Å². The van der Waals surface area contributed by atoms with E-state index in [0.717, 1.165) is 25.7 Å². The fourth-order valence-corrected chi connectivity index (χ4v) is 2.81. The number of ketones is 1. The monoisotopic (exact) mass is 286 g/mol. The minimum Gasteiger partial charge on any atom is -0.481 e. The predicted molar refractivity (Wildman–Crippen MR) is 74.2 cm³/mol. The molecule has 2 aliphatic rings. The summed E-state index contributed by atoms with van der Waals surface area (Å²) in [5.41, 5.74) is 0. The zero-order chi connectivity index (χ0) is 15.1. The molecule has 116 valence electrons. The molecule has 2 fully saturated rings. The molecule has 2 rings (SSSR count). The number of carbonyl (C=O) groups is 2. The van der Waals surface area contributed by atoms with Gasteiger partial charge in [-0.05, 0) is 58.3 Å². The van der Waals surface area contributed by atoms with E-state index in [2.05, 4.69) is 0 Å². The lowest BCUT2D eigenvalue weighted by atomic mass is 9.85. The van der Waals surface area contributed by atoms with E-state index >= 15 is 0 Å². The lowest BCUT2D eigenvalue weighted by Gasteiger charge is -2.22. The third-order valence-electron chi connectivity index (χ3n) is 4.32. The van der Waals surface area contributed by atoms with Crippen LogP contribution in [-0.2, 0) is 9.59 Å². The Bertz CT molecular complexity index is 280. The van der Waals surface area contributed by atoms with Gasteiger partial charge in [-0.3, -0.25) is 9.59 Å². The molecular weight excluding hydrogens is 260 g/mol. The Kier molecular flexibility index (Phi) is 7.16. The Balaban J connectivity index is 0.000000200. The van der Waals surface area contributed by atoms with Crippen molar-refractivity contribution in [1.82, 2.24) is 0 Å². The van der Waals surface area contributed by atoms with E-state index in [1.807, 2.05) is 0 Å². The quantitative estimate of drug-likeness (QED) is 0.719. The van der Waals surface area contributed by atoms with Gasteiger partial charge in [0.25, 0.3) is 0 Å². The van der Waals surface area contributed by atoms with Gasteiger partial charge < -0.3 is 15.3 Å². The van der Waals surface area contributed by atoms with Crippen LogP contribution in [0.15, 0.2) is 0 Å². The maximum atomic E-state index is 10.8. The summed E-state index contributed by atoms with van der Waals surface area (Å²) in [6, 6.07) is 0. The van der Waals surface area contributed by atoms with Crippen LogP contribution < -0.4 is 0 Å². The Morgan fingerprint density at radius 2 is 1.10 bits per heavy atom. The maximum Gasteiger partial charge on any atom is 0.306 e. The molecule has 0 bridgehead atoms. The first-order valence-electron chi connectivity index (χ1n) is 7.49. The first kappa shape index (κ1) is 17.1. The second-order valence-electron chi connectivity index (χ2n) is 5.96. The summed E-state index contributed by atoms with van der Waals surface area (Å²) in [5, 5.41) is 26.7. The largest absolute Gasteiger partial charge is 0.481 e. The number of rotatable bonds is 2. The van der Waals surface area contributed by atoms with Gasteiger partial charge in [0.2, 0.25) is 0 Å². The highest BCUT2D eigenvalue weighted by Gasteiger charge is 2.24. The highest BCUT2D eigenvalue weighted by Crippen LogP contribution is 2.24. The Hall–Kier alpha value is -0.940. The second kappa shape index (κ2) is 8.37. The molecule has 0 aromatic rings. The Morgan fingerprint density at radius 3 is 1.40 bits per heavy atom. The molecule has 0 saturated heterocycles. The van der Waals surface area contributed by atoms with Crippen LogP contribution in [0.4, 0.5) is 0 Å². The van der Waals surface area contributed by atoms with Crippen molar-refractivity contribution in [2.24, 2.45) is 11.8 Å². The Labute approximate surface area is 120 Å². The maximum absolute atomic E-state index is 10.8. The van der Waals surface area contributed by atoms with Gasteiger partial charge in [-0.1, -0.05) is 0 Å². The summed E-state index contributed by atoms with van der Waals surface area (Å²) in [5.74, 6) is -0.398. The fourth-order valence-electron chi connectivity index (χ4n) is 2.81. The first-order chi connectivity index (χ1) is 9.40. The van der Waals surface area contributed by atoms with Gasteiger partial charge in [-0.25, -0.2) is 0 Å². The van der Waals surface area contributed by atoms with Gasteiger partial charge in [0.15, 0.2) is 0 Å². The smallest absolute Gasteiger partial charge is 0.306 e. The summed E-state index contributed by atoms with van der Waals surface area (Å²) in [7, 11) is 0. The van der Waals surface area contributed by atoms with Gasteiger partial charge in [-0.2, -0.15) is 0 Å². The molecule has 0 aromatic carbocycles. The van der Waals surface area contributed by atoms with Crippen LogP contribution in [0.2, 0.25) is 0 Å². The zero-order valence-corrected chi connectivity index (χ0v) is 12.1. The van der Waals surface area contributed by atoms with E-state index in [1.54, 1.807) is 6.92 Å². The van der Waals surface area contributed by atoms with Crippen molar-refractivity contribution in [3.05, 3.63) is 0 Å². The van der Waals surface area contributed by atoms with Gasteiger partial charge in [-0.15, -0.1) is 0 Å². The molecule has 0 unspecified atom stereocenters. The van der Waals surface area contributed by atoms with E-state index in [9.17, 15) is 9.59 Å². The average molecular weight is 286 g/mol. The number of carbonyl (C=O) groups excluding carboxylic acids is 1. The van der Waals surface area contributed by atoms with Gasteiger partial charge in [0.1, 0.15) is 5.78 Å². The van der Waals surface area contributed by atoms with E-state index < -0.39 is 5.97 Å². The highest BCUT2D eigenvalue weighted by atomic mass is 16.4. The van der Waals surface area contributed by atoms with E-state index in [1.165, 1.54) is 0 Å². The van der Waals surface area contributed by atoms with Crippen LogP contribution in [0.3, 0.4) is 0 Å². The number of carboxylic acids is 1. The summed E-state index contributed by atoms with van der Waals surface area (Å²) in [4.78, 5) is 21.2. The van der Waals surface area contributed by atoms with Crippen LogP contribution in [0.1, 0.15) is 58.3 Å². The van der Waals surface area contributed by atoms with Gasteiger partial charge in [0.05, 0.1) is 18.1 Å². The number of hydrogen-bond donors (Lipinski definition) is 3. The molecule has 0 radical (unpaired) electrons. The topological polar surface area (TPSA) is 94.8 Å². The summed E-state index contributed by atoms with van der Waals surface area (Å²) >= 11 is 0. The van der Waals surface area contributed by atoms with Gasteiger partial charge >= 0.3 is 5.97 Å². The van der Waals surface area contributed by atoms with E-state index in [4.69, 9.17) is 15.3 Å². The molecule has 2 saturated carbocycles. The minimum atomic E-state index is -0.716. The number of hydrogen-bond acceptors (Lipinski definition) is 4. The summed E-state index contributed by atoms with van der Waals surface area (Å²) < 4.78 is 0. The Morgan fingerprint density at radius 1 is 0.750 bits per heavy atom. The van der Waals surface area contributed by atoms with Crippen molar-refractivity contribution >= 4 is 11.8 Å². The third kappa shape index (κ3) is 6.01. The highest BCUT2D eigenvalue weighted by molar-refractivity contribution is 5.78. The molecule has 0 atom stereocenters. The van der Waals surface area contributed by atoms with Crippen LogP contribution in [0.5, 0.6) is 0 Å². The first-order valence-corrected chi connectivity index (χ1v) is 7.49. The molecule has 5 nitrogen and oxygen atoms in total. The molecule has 0 spiro atoms. The number of carboxylic acid groups (broad SMARTS) is 1. The predicted octanol–water partition coefficient (Wildman–Crippen LogP) is 1.75. The van der Waals surface area contributed by atoms with Crippen molar-refractivity contribution in [2.45, 2.75) is 70.5 Å². The molecule has 2 aliphatic carbocycles. The third-order valence-corrected chi connectivity index (χ3v) is 4.32. The van der Waals surface area contributed by atoms with E-state index in [-0.39, 0.29) is 29.8 Å².